The summed E-state index contributed by atoms with van der Waals surface area (Å²) >= 11 is 0. The maximum Gasteiger partial charge on any atom is 0.242 e. The first-order valence-corrected chi connectivity index (χ1v) is 6.77. The summed E-state index contributed by atoms with van der Waals surface area (Å²) in [5, 5.41) is 9.10. The van der Waals surface area contributed by atoms with E-state index >= 15 is 0 Å². The quantitative estimate of drug-likeness (QED) is 0.687. The molecule has 0 aromatic heterocycles. The van der Waals surface area contributed by atoms with E-state index in [1.165, 1.54) is 6.92 Å². The van der Waals surface area contributed by atoms with Crippen LogP contribution in [0.2, 0.25) is 0 Å². The molecule has 0 spiro atoms. The molecule has 0 bridgehead atoms. The fourth-order valence-electron chi connectivity index (χ4n) is 1.47. The predicted molar refractivity (Wildman–Crippen MR) is 67.2 cm³/mol. The molecule has 0 saturated heterocycles. The van der Waals surface area contributed by atoms with Gasteiger partial charge in [-0.15, -0.1) is 0 Å². The van der Waals surface area contributed by atoms with Crippen LogP contribution in [0.4, 0.5) is 5.69 Å². The number of aliphatic hydroxyl groups excluding tert-OH is 1. The zero-order valence-electron chi connectivity index (χ0n) is 10.2. The van der Waals surface area contributed by atoms with Gasteiger partial charge in [0.05, 0.1) is 11.8 Å². The van der Waals surface area contributed by atoms with Gasteiger partial charge in [-0.2, -0.15) is 0 Å². The number of nitrogen functional groups attached to an aromatic ring is 1. The van der Waals surface area contributed by atoms with E-state index in [-0.39, 0.29) is 17.1 Å². The van der Waals surface area contributed by atoms with E-state index in [0.29, 0.717) is 5.56 Å². The molecule has 0 fully saturated rings. The highest BCUT2D eigenvalue weighted by Gasteiger charge is 2.21. The van der Waals surface area contributed by atoms with Gasteiger partial charge in [-0.1, -0.05) is 6.07 Å². The first-order valence-electron chi connectivity index (χ1n) is 5.29. The second kappa shape index (κ2) is 5.03. The van der Waals surface area contributed by atoms with E-state index in [1.54, 1.807) is 19.1 Å². The number of aryl methyl sites for hydroxylation is 1. The Kier molecular flexibility index (Phi) is 4.13. The van der Waals surface area contributed by atoms with Gasteiger partial charge in [0.15, 0.2) is 0 Å². The van der Waals surface area contributed by atoms with E-state index < -0.39 is 16.1 Å². The van der Waals surface area contributed by atoms with Crippen molar-refractivity contribution in [3.05, 3.63) is 23.3 Å². The molecule has 96 valence electrons. The van der Waals surface area contributed by atoms with Crippen molar-refractivity contribution < 1.29 is 13.5 Å². The third-order valence-corrected chi connectivity index (χ3v) is 4.17. The number of aliphatic hydroxyl groups is 1. The SMILES string of the molecule is Cc1ccc(N)c(S(=O)(=O)NC[C@@H](C)O)c1C. The van der Waals surface area contributed by atoms with E-state index in [1.807, 2.05) is 6.92 Å². The van der Waals surface area contributed by atoms with Crippen LogP contribution in [0.5, 0.6) is 0 Å². The zero-order valence-corrected chi connectivity index (χ0v) is 11.0. The van der Waals surface area contributed by atoms with Gasteiger partial charge in [0.25, 0.3) is 0 Å². The predicted octanol–water partition coefficient (Wildman–Crippen LogP) is 0.545. The first-order chi connectivity index (χ1) is 7.75. The molecule has 0 aliphatic heterocycles. The Hall–Kier alpha value is -1.11. The van der Waals surface area contributed by atoms with Crippen molar-refractivity contribution >= 4 is 15.7 Å². The molecule has 4 N–H and O–H groups in total. The monoisotopic (exact) mass is 258 g/mol. The molecule has 1 rings (SSSR count). The highest BCUT2D eigenvalue weighted by atomic mass is 32.2. The van der Waals surface area contributed by atoms with Gasteiger partial charge in [-0.25, -0.2) is 13.1 Å². The average Bonchev–Trinajstić information content (AvgIpc) is 2.21. The van der Waals surface area contributed by atoms with Gasteiger partial charge in [0, 0.05) is 6.54 Å². The van der Waals surface area contributed by atoms with Gasteiger partial charge in [0.1, 0.15) is 4.90 Å². The molecule has 0 heterocycles. The second-order valence-electron chi connectivity index (χ2n) is 4.13. The Morgan fingerprint density at radius 2 is 2.00 bits per heavy atom. The molecule has 0 saturated carbocycles. The number of hydrogen-bond donors (Lipinski definition) is 3. The molecule has 1 aromatic carbocycles. The molecule has 1 atom stereocenters. The Morgan fingerprint density at radius 1 is 1.41 bits per heavy atom. The topological polar surface area (TPSA) is 92.4 Å². The smallest absolute Gasteiger partial charge is 0.242 e. The Labute approximate surface area is 102 Å². The Morgan fingerprint density at radius 3 is 2.53 bits per heavy atom. The summed E-state index contributed by atoms with van der Waals surface area (Å²) in [5.41, 5.74) is 7.40. The van der Waals surface area contributed by atoms with Crippen molar-refractivity contribution in [1.29, 1.82) is 0 Å². The number of sulfonamides is 1. The summed E-state index contributed by atoms with van der Waals surface area (Å²) in [7, 11) is -3.67. The summed E-state index contributed by atoms with van der Waals surface area (Å²) < 4.78 is 26.4. The van der Waals surface area contributed by atoms with Gasteiger partial charge >= 0.3 is 0 Å². The second-order valence-corrected chi connectivity index (χ2v) is 5.83. The van der Waals surface area contributed by atoms with Crippen LogP contribution in [0.15, 0.2) is 17.0 Å². The summed E-state index contributed by atoms with van der Waals surface area (Å²) in [6.07, 6.45) is -0.740. The lowest BCUT2D eigenvalue weighted by Gasteiger charge is -2.14. The Balaban J connectivity index is 3.19. The third-order valence-electron chi connectivity index (χ3n) is 2.54. The number of rotatable bonds is 4. The summed E-state index contributed by atoms with van der Waals surface area (Å²) in [4.78, 5) is 0.0955. The van der Waals surface area contributed by atoms with E-state index in [0.717, 1.165) is 5.56 Å². The van der Waals surface area contributed by atoms with Crippen LogP contribution in [0, 0.1) is 13.8 Å². The van der Waals surface area contributed by atoms with Crippen molar-refractivity contribution in [2.24, 2.45) is 0 Å². The lowest BCUT2D eigenvalue weighted by molar-refractivity contribution is 0.198. The van der Waals surface area contributed by atoms with Crippen LogP contribution >= 0.6 is 0 Å². The summed E-state index contributed by atoms with van der Waals surface area (Å²) in [6, 6.07) is 3.34. The number of benzene rings is 1. The van der Waals surface area contributed by atoms with Gasteiger partial charge in [0.2, 0.25) is 10.0 Å². The maximum atomic E-state index is 12.0. The fraction of sp³-hybridized carbons (Fsp3) is 0.455. The minimum Gasteiger partial charge on any atom is -0.398 e. The summed E-state index contributed by atoms with van der Waals surface area (Å²) in [5.74, 6) is 0. The normalized spacial score (nSPS) is 13.6. The van der Waals surface area contributed by atoms with Crippen molar-refractivity contribution in [3.8, 4) is 0 Å². The zero-order chi connectivity index (χ0) is 13.2. The largest absolute Gasteiger partial charge is 0.398 e. The minimum atomic E-state index is -3.67. The highest BCUT2D eigenvalue weighted by molar-refractivity contribution is 7.89. The van der Waals surface area contributed by atoms with E-state index in [2.05, 4.69) is 4.72 Å². The lowest BCUT2D eigenvalue weighted by Crippen LogP contribution is -2.31. The molecular weight excluding hydrogens is 240 g/mol. The Bertz CT molecular complexity index is 510. The van der Waals surface area contributed by atoms with Crippen molar-refractivity contribution in [2.45, 2.75) is 31.8 Å². The fourth-order valence-corrected chi connectivity index (χ4v) is 3.02. The van der Waals surface area contributed by atoms with Crippen LogP contribution in [0.1, 0.15) is 18.1 Å². The number of nitrogens with two attached hydrogens (primary N) is 1. The number of nitrogens with one attached hydrogen (secondary N) is 1. The number of anilines is 1. The first kappa shape index (κ1) is 14.0. The van der Waals surface area contributed by atoms with Crippen LogP contribution < -0.4 is 10.5 Å². The molecule has 5 nitrogen and oxygen atoms in total. The molecule has 0 aliphatic rings. The maximum absolute atomic E-state index is 12.0. The van der Waals surface area contributed by atoms with Crippen LogP contribution in [0.3, 0.4) is 0 Å². The van der Waals surface area contributed by atoms with Crippen LogP contribution in [0.25, 0.3) is 0 Å². The van der Waals surface area contributed by atoms with Crippen molar-refractivity contribution in [2.75, 3.05) is 12.3 Å². The van der Waals surface area contributed by atoms with Crippen LogP contribution in [-0.4, -0.2) is 26.2 Å². The molecule has 0 aliphatic carbocycles. The molecule has 17 heavy (non-hydrogen) atoms. The minimum absolute atomic E-state index is 0.0326. The molecule has 6 heteroatoms. The van der Waals surface area contributed by atoms with Crippen molar-refractivity contribution in [1.82, 2.24) is 4.72 Å². The standard InChI is InChI=1S/C11H18N2O3S/c1-7-4-5-10(12)11(9(7)3)17(15,16)13-6-8(2)14/h4-5,8,13-14H,6,12H2,1-3H3/t8-/m1/s1. The van der Waals surface area contributed by atoms with Gasteiger partial charge in [-0.3, -0.25) is 0 Å². The number of hydrogen-bond acceptors (Lipinski definition) is 4. The average molecular weight is 258 g/mol. The molecule has 0 radical (unpaired) electrons. The molecular formula is C11H18N2O3S. The molecule has 1 aromatic rings. The highest BCUT2D eigenvalue weighted by Crippen LogP contribution is 2.24. The third kappa shape index (κ3) is 3.18. The lowest BCUT2D eigenvalue weighted by atomic mass is 10.1. The summed E-state index contributed by atoms with van der Waals surface area (Å²) in [6.45, 7) is 5.01. The van der Waals surface area contributed by atoms with Gasteiger partial charge < -0.3 is 10.8 Å². The molecule has 0 amide bonds. The van der Waals surface area contributed by atoms with E-state index in [9.17, 15) is 8.42 Å². The van der Waals surface area contributed by atoms with E-state index in [4.69, 9.17) is 10.8 Å². The van der Waals surface area contributed by atoms with Gasteiger partial charge in [-0.05, 0) is 38.0 Å². The van der Waals surface area contributed by atoms with Crippen LogP contribution in [-0.2, 0) is 10.0 Å². The molecule has 0 unspecified atom stereocenters. The van der Waals surface area contributed by atoms with Crippen molar-refractivity contribution in [3.63, 3.8) is 0 Å².